The Kier molecular flexibility index (Phi) is 4.60. The fraction of sp³-hybridized carbons (Fsp3) is 0.231. The highest BCUT2D eigenvalue weighted by Crippen LogP contribution is 2.31. The Morgan fingerprint density at radius 3 is 2.67 bits per heavy atom. The van der Waals surface area contributed by atoms with E-state index in [1.54, 1.807) is 24.3 Å². The van der Waals surface area contributed by atoms with Crippen molar-refractivity contribution in [3.8, 4) is 5.75 Å². The molecule has 0 aliphatic carbocycles. The van der Waals surface area contributed by atoms with E-state index < -0.39 is 10.0 Å². The zero-order valence-corrected chi connectivity index (χ0v) is 13.8. The summed E-state index contributed by atoms with van der Waals surface area (Å²) >= 11 is 3.05. The van der Waals surface area contributed by atoms with Gasteiger partial charge in [-0.05, 0) is 28.1 Å². The highest BCUT2D eigenvalue weighted by Gasteiger charge is 2.27. The predicted octanol–water partition coefficient (Wildman–Crippen LogP) is 2.37. The molecule has 0 saturated carbocycles. The highest BCUT2D eigenvalue weighted by atomic mass is 79.9. The summed E-state index contributed by atoms with van der Waals surface area (Å²) < 4.78 is 36.6. The van der Waals surface area contributed by atoms with Gasteiger partial charge in [-0.2, -0.15) is 0 Å². The molecule has 2 aromatic rings. The van der Waals surface area contributed by atoms with E-state index in [4.69, 9.17) is 14.3 Å². The Labute approximate surface area is 131 Å². The zero-order valence-electron chi connectivity index (χ0n) is 11.4. The molecule has 6 nitrogen and oxygen atoms in total. The summed E-state index contributed by atoms with van der Waals surface area (Å²) in [7, 11) is -0.870. The molecule has 0 atom stereocenters. The number of aliphatic hydroxyl groups is 1. The summed E-state index contributed by atoms with van der Waals surface area (Å²) in [6.07, 6.45) is 0. The van der Waals surface area contributed by atoms with Gasteiger partial charge in [0.2, 0.25) is 0 Å². The van der Waals surface area contributed by atoms with Crippen LogP contribution in [0.15, 0.2) is 44.3 Å². The van der Waals surface area contributed by atoms with Crippen LogP contribution in [0.25, 0.3) is 0 Å². The third-order valence-electron chi connectivity index (χ3n) is 2.92. The average molecular weight is 376 g/mol. The Morgan fingerprint density at radius 2 is 2.10 bits per heavy atom. The molecule has 0 saturated heterocycles. The van der Waals surface area contributed by atoms with Crippen molar-refractivity contribution in [2.75, 3.05) is 18.5 Å². The second-order valence-corrected chi connectivity index (χ2v) is 6.84. The molecule has 0 spiro atoms. The van der Waals surface area contributed by atoms with Crippen molar-refractivity contribution in [1.29, 1.82) is 0 Å². The standard InChI is InChI=1S/C13H14BrNO5S/c1-15(9-4-3-5-10(6-9)19-2)21(17,18)12-7-11(8-16)20-13(12)14/h3-7,16H,8H2,1-2H3. The zero-order chi connectivity index (χ0) is 15.6. The van der Waals surface area contributed by atoms with Crippen molar-refractivity contribution in [2.45, 2.75) is 11.5 Å². The number of nitrogens with zero attached hydrogens (tertiary/aromatic N) is 1. The molecule has 1 N–H and O–H groups in total. The molecule has 0 bridgehead atoms. The minimum atomic E-state index is -3.81. The average Bonchev–Trinajstić information content (AvgIpc) is 2.88. The molecule has 114 valence electrons. The molecule has 0 unspecified atom stereocenters. The molecular weight excluding hydrogens is 362 g/mol. The van der Waals surface area contributed by atoms with Gasteiger partial charge in [-0.1, -0.05) is 6.07 Å². The van der Waals surface area contributed by atoms with E-state index in [0.717, 1.165) is 4.31 Å². The molecule has 8 heteroatoms. The number of rotatable bonds is 5. The lowest BCUT2D eigenvalue weighted by Crippen LogP contribution is -2.26. The highest BCUT2D eigenvalue weighted by molar-refractivity contribution is 9.10. The Hall–Kier alpha value is -1.51. The molecule has 1 heterocycles. The van der Waals surface area contributed by atoms with Crippen LogP contribution in [-0.4, -0.2) is 27.7 Å². The van der Waals surface area contributed by atoms with E-state index in [-0.39, 0.29) is 21.9 Å². The summed E-state index contributed by atoms with van der Waals surface area (Å²) in [5.74, 6) is 0.719. The van der Waals surface area contributed by atoms with Crippen LogP contribution in [0.4, 0.5) is 5.69 Å². The number of sulfonamides is 1. The number of methoxy groups -OCH3 is 1. The van der Waals surface area contributed by atoms with Crippen LogP contribution in [0, 0.1) is 0 Å². The summed E-state index contributed by atoms with van der Waals surface area (Å²) in [6.45, 7) is -0.378. The van der Waals surface area contributed by atoms with E-state index in [1.807, 2.05) is 0 Å². The smallest absolute Gasteiger partial charge is 0.268 e. The van der Waals surface area contributed by atoms with Gasteiger partial charge >= 0.3 is 0 Å². The van der Waals surface area contributed by atoms with Gasteiger partial charge in [0.05, 0.1) is 12.8 Å². The van der Waals surface area contributed by atoms with Crippen molar-refractivity contribution in [3.05, 3.63) is 40.8 Å². The maximum Gasteiger partial charge on any atom is 0.268 e. The second kappa shape index (κ2) is 6.08. The van der Waals surface area contributed by atoms with Crippen molar-refractivity contribution in [1.82, 2.24) is 0 Å². The molecule has 0 fully saturated rings. The summed E-state index contributed by atoms with van der Waals surface area (Å²) in [5.41, 5.74) is 0.452. The molecule has 0 aliphatic heterocycles. The topological polar surface area (TPSA) is 80.0 Å². The second-order valence-electron chi connectivity index (χ2n) is 4.18. The Bertz CT molecular complexity index is 741. The molecule has 1 aromatic heterocycles. The lowest BCUT2D eigenvalue weighted by atomic mass is 10.3. The van der Waals surface area contributed by atoms with Gasteiger partial charge in [0.25, 0.3) is 10.0 Å². The normalized spacial score (nSPS) is 11.4. The van der Waals surface area contributed by atoms with Crippen molar-refractivity contribution in [2.24, 2.45) is 0 Å². The summed E-state index contributed by atoms with van der Waals surface area (Å²) in [5, 5.41) is 9.03. The number of hydrogen-bond donors (Lipinski definition) is 1. The molecule has 2 rings (SSSR count). The van der Waals surface area contributed by atoms with Gasteiger partial charge < -0.3 is 14.3 Å². The van der Waals surface area contributed by atoms with Gasteiger partial charge in [-0.3, -0.25) is 4.31 Å². The molecule has 0 aliphatic rings. The first-order chi connectivity index (χ1) is 9.90. The third-order valence-corrected chi connectivity index (χ3v) is 5.56. The number of halogens is 1. The number of hydrogen-bond acceptors (Lipinski definition) is 5. The minimum Gasteiger partial charge on any atom is -0.497 e. The molecule has 0 amide bonds. The SMILES string of the molecule is COc1cccc(N(C)S(=O)(=O)c2cc(CO)oc2Br)c1. The first kappa shape index (κ1) is 15.9. The van der Waals surface area contributed by atoms with Crippen molar-refractivity contribution < 1.29 is 22.7 Å². The van der Waals surface area contributed by atoms with Crippen LogP contribution in [0.3, 0.4) is 0 Å². The maximum atomic E-state index is 12.6. The van der Waals surface area contributed by atoms with Crippen LogP contribution < -0.4 is 9.04 Å². The van der Waals surface area contributed by atoms with E-state index in [1.165, 1.54) is 20.2 Å². The first-order valence-corrected chi connectivity index (χ1v) is 8.15. The summed E-state index contributed by atoms with van der Waals surface area (Å²) in [6, 6.07) is 7.97. The first-order valence-electron chi connectivity index (χ1n) is 5.92. The van der Waals surface area contributed by atoms with E-state index in [9.17, 15) is 8.42 Å². The van der Waals surface area contributed by atoms with Gasteiger partial charge in [0.1, 0.15) is 23.0 Å². The molecule has 21 heavy (non-hydrogen) atoms. The maximum absolute atomic E-state index is 12.6. The van der Waals surface area contributed by atoms with Gasteiger partial charge in [-0.15, -0.1) is 0 Å². The minimum absolute atomic E-state index is 0.0446. The lowest BCUT2D eigenvalue weighted by molar-refractivity contribution is 0.245. The molecular formula is C13H14BrNO5S. The number of benzene rings is 1. The summed E-state index contributed by atoms with van der Waals surface area (Å²) in [4.78, 5) is -0.0446. The van der Waals surface area contributed by atoms with Crippen LogP contribution in [0.1, 0.15) is 5.76 Å². The lowest BCUT2D eigenvalue weighted by Gasteiger charge is -2.19. The third kappa shape index (κ3) is 3.07. The largest absolute Gasteiger partial charge is 0.497 e. The number of aliphatic hydroxyl groups excluding tert-OH is 1. The number of anilines is 1. The fourth-order valence-electron chi connectivity index (χ4n) is 1.74. The van der Waals surface area contributed by atoms with Gasteiger partial charge in [-0.25, -0.2) is 8.42 Å². The van der Waals surface area contributed by atoms with Crippen molar-refractivity contribution >= 4 is 31.6 Å². The van der Waals surface area contributed by atoms with Gasteiger partial charge in [0.15, 0.2) is 4.67 Å². The van der Waals surface area contributed by atoms with Crippen molar-refractivity contribution in [3.63, 3.8) is 0 Å². The number of ether oxygens (including phenoxy) is 1. The van der Waals surface area contributed by atoms with Gasteiger partial charge in [0, 0.05) is 19.2 Å². The predicted molar refractivity (Wildman–Crippen MR) is 80.9 cm³/mol. The Balaban J connectivity index is 2.44. The van der Waals surface area contributed by atoms with E-state index in [0.29, 0.717) is 11.4 Å². The van der Waals surface area contributed by atoms with Crippen LogP contribution in [0.2, 0.25) is 0 Å². The number of furan rings is 1. The van der Waals surface area contributed by atoms with E-state index >= 15 is 0 Å². The van der Waals surface area contributed by atoms with E-state index in [2.05, 4.69) is 15.9 Å². The molecule has 0 radical (unpaired) electrons. The van der Waals surface area contributed by atoms with Crippen LogP contribution in [-0.2, 0) is 16.6 Å². The fourth-order valence-corrected chi connectivity index (χ4v) is 3.89. The monoisotopic (exact) mass is 375 g/mol. The Morgan fingerprint density at radius 1 is 1.38 bits per heavy atom. The molecule has 1 aromatic carbocycles. The van der Waals surface area contributed by atoms with Crippen LogP contribution >= 0.6 is 15.9 Å². The quantitative estimate of drug-likeness (QED) is 0.867. The van der Waals surface area contributed by atoms with Crippen LogP contribution in [0.5, 0.6) is 5.75 Å².